The third-order valence-electron chi connectivity index (χ3n) is 3.30. The number of methoxy groups -OCH3 is 1. The Balaban J connectivity index is 1.60. The van der Waals surface area contributed by atoms with Crippen molar-refractivity contribution in [2.24, 2.45) is 12.1 Å². The second kappa shape index (κ2) is 7.50. The van der Waals surface area contributed by atoms with E-state index in [4.69, 9.17) is 4.74 Å². The number of hydrogen-bond acceptors (Lipinski definition) is 6. The van der Waals surface area contributed by atoms with Gasteiger partial charge >= 0.3 is 0 Å². The third-order valence-corrected chi connectivity index (χ3v) is 5.14. The quantitative estimate of drug-likeness (QED) is 0.417. The number of aromatic nitrogens is 2. The third kappa shape index (κ3) is 3.77. The zero-order valence-electron chi connectivity index (χ0n) is 13.2. The molecule has 2 heterocycles. The van der Waals surface area contributed by atoms with Gasteiger partial charge in [-0.25, -0.2) is 10.4 Å². The van der Waals surface area contributed by atoms with E-state index < -0.39 is 0 Å². The van der Waals surface area contributed by atoms with E-state index in [1.165, 1.54) is 11.8 Å². The van der Waals surface area contributed by atoms with E-state index in [9.17, 15) is 4.79 Å². The molecule has 0 spiro atoms. The van der Waals surface area contributed by atoms with Gasteiger partial charge in [0.25, 0.3) is 5.91 Å². The molecule has 24 heavy (non-hydrogen) atoms. The molecule has 1 amide bonds. The number of rotatable bonds is 6. The van der Waals surface area contributed by atoms with Gasteiger partial charge in [0.2, 0.25) is 0 Å². The summed E-state index contributed by atoms with van der Waals surface area (Å²) in [5.74, 6) is 0.839. The number of carbonyl (C=O) groups is 1. The van der Waals surface area contributed by atoms with Crippen LogP contribution in [0.25, 0.3) is 11.0 Å². The fourth-order valence-corrected chi connectivity index (χ4v) is 3.47. The molecular weight excluding hydrogens is 344 g/mol. The minimum Gasteiger partial charge on any atom is -0.497 e. The number of aryl methyl sites for hydroxylation is 1. The van der Waals surface area contributed by atoms with Crippen molar-refractivity contribution in [2.45, 2.75) is 5.16 Å². The number of imidazole rings is 1. The molecule has 0 aliphatic heterocycles. The maximum Gasteiger partial charge on any atom is 0.250 e. The van der Waals surface area contributed by atoms with Gasteiger partial charge in [0.1, 0.15) is 5.75 Å². The number of ether oxygens (including phenoxy) is 1. The van der Waals surface area contributed by atoms with Crippen LogP contribution in [0, 0.1) is 0 Å². The van der Waals surface area contributed by atoms with Gasteiger partial charge in [0.05, 0.1) is 30.1 Å². The summed E-state index contributed by atoms with van der Waals surface area (Å²) in [6.07, 6.45) is 1.63. The van der Waals surface area contributed by atoms with E-state index >= 15 is 0 Å². The summed E-state index contributed by atoms with van der Waals surface area (Å²) in [6.45, 7) is 0. The highest BCUT2D eigenvalue weighted by atomic mass is 32.2. The first-order chi connectivity index (χ1) is 11.7. The van der Waals surface area contributed by atoms with Gasteiger partial charge in [-0.1, -0.05) is 17.8 Å². The van der Waals surface area contributed by atoms with E-state index in [1.807, 2.05) is 47.3 Å². The summed E-state index contributed by atoms with van der Waals surface area (Å²) in [6, 6.07) is 9.60. The van der Waals surface area contributed by atoms with E-state index in [2.05, 4.69) is 15.5 Å². The van der Waals surface area contributed by atoms with Crippen LogP contribution >= 0.6 is 23.1 Å². The highest BCUT2D eigenvalue weighted by Crippen LogP contribution is 2.25. The number of amides is 1. The Morgan fingerprint density at radius 2 is 2.38 bits per heavy atom. The molecule has 2 aromatic heterocycles. The van der Waals surface area contributed by atoms with Crippen molar-refractivity contribution < 1.29 is 9.53 Å². The number of fused-ring (bicyclic) bond motifs is 1. The molecule has 0 saturated carbocycles. The zero-order chi connectivity index (χ0) is 16.9. The summed E-state index contributed by atoms with van der Waals surface area (Å²) in [5, 5.41) is 6.67. The van der Waals surface area contributed by atoms with Crippen molar-refractivity contribution in [3.63, 3.8) is 0 Å². The monoisotopic (exact) mass is 360 g/mol. The topological polar surface area (TPSA) is 68.5 Å². The molecule has 0 fully saturated rings. The Morgan fingerprint density at radius 3 is 3.12 bits per heavy atom. The number of nitrogens with one attached hydrogen (secondary N) is 1. The molecule has 124 valence electrons. The van der Waals surface area contributed by atoms with E-state index in [-0.39, 0.29) is 11.7 Å². The van der Waals surface area contributed by atoms with Crippen LogP contribution in [-0.4, -0.2) is 34.5 Å². The number of hydrazone groups is 1. The second-order valence-electron chi connectivity index (χ2n) is 4.91. The molecule has 0 bridgehead atoms. The summed E-state index contributed by atoms with van der Waals surface area (Å²) in [5.41, 5.74) is 4.36. The Labute approximate surface area is 147 Å². The minimum atomic E-state index is -0.169. The largest absolute Gasteiger partial charge is 0.497 e. The van der Waals surface area contributed by atoms with Crippen LogP contribution in [-0.2, 0) is 11.8 Å². The van der Waals surface area contributed by atoms with Crippen LogP contribution in [0.3, 0.4) is 0 Å². The van der Waals surface area contributed by atoms with E-state index in [0.29, 0.717) is 0 Å². The number of nitrogens with zero attached hydrogens (tertiary/aromatic N) is 3. The van der Waals surface area contributed by atoms with Gasteiger partial charge in [-0.2, -0.15) is 5.10 Å². The van der Waals surface area contributed by atoms with Crippen molar-refractivity contribution in [2.75, 3.05) is 12.9 Å². The van der Waals surface area contributed by atoms with Crippen LogP contribution in [0.5, 0.6) is 5.75 Å². The van der Waals surface area contributed by atoms with Crippen LogP contribution in [0.4, 0.5) is 0 Å². The maximum absolute atomic E-state index is 11.9. The molecule has 0 aliphatic rings. The molecule has 0 atom stereocenters. The molecule has 1 aromatic carbocycles. The second-order valence-corrected chi connectivity index (χ2v) is 6.83. The van der Waals surface area contributed by atoms with Crippen LogP contribution in [0.15, 0.2) is 46.0 Å². The molecule has 6 nitrogen and oxygen atoms in total. The van der Waals surface area contributed by atoms with Crippen LogP contribution < -0.4 is 10.2 Å². The predicted octanol–water partition coefficient (Wildman–Crippen LogP) is 2.89. The van der Waals surface area contributed by atoms with Crippen molar-refractivity contribution in [1.82, 2.24) is 15.0 Å². The molecule has 0 unspecified atom stereocenters. The average Bonchev–Trinajstić information content (AvgIpc) is 3.21. The lowest BCUT2D eigenvalue weighted by atomic mass is 10.3. The Morgan fingerprint density at radius 1 is 1.50 bits per heavy atom. The van der Waals surface area contributed by atoms with Gasteiger partial charge in [-0.05, 0) is 23.6 Å². The molecule has 3 rings (SSSR count). The Kier molecular flexibility index (Phi) is 5.17. The maximum atomic E-state index is 11.9. The first kappa shape index (κ1) is 16.5. The van der Waals surface area contributed by atoms with Gasteiger partial charge in [0.15, 0.2) is 5.16 Å². The zero-order valence-corrected chi connectivity index (χ0v) is 14.9. The number of benzene rings is 1. The molecule has 8 heteroatoms. The molecule has 1 N–H and O–H groups in total. The van der Waals surface area contributed by atoms with Crippen molar-refractivity contribution in [1.29, 1.82) is 0 Å². The number of carbonyl (C=O) groups excluding carboxylic acids is 1. The number of hydrogen-bond donors (Lipinski definition) is 1. The van der Waals surface area contributed by atoms with Crippen molar-refractivity contribution in [3.05, 3.63) is 40.6 Å². The molecule has 0 saturated heterocycles. The smallest absolute Gasteiger partial charge is 0.250 e. The summed E-state index contributed by atoms with van der Waals surface area (Å²) >= 11 is 2.93. The standard InChI is InChI=1S/C16H16N4O2S2/c1-20-14-6-5-11(22-2)8-13(14)18-16(20)24-10-15(21)19-17-9-12-4-3-7-23-12/h3-9H,10H2,1-2H3,(H,19,21)/b17-9+. The first-order valence-electron chi connectivity index (χ1n) is 7.16. The number of thiophene rings is 1. The normalized spacial score (nSPS) is 11.2. The molecular formula is C16H16N4O2S2. The van der Waals surface area contributed by atoms with Gasteiger partial charge in [0, 0.05) is 18.0 Å². The van der Waals surface area contributed by atoms with Gasteiger partial charge in [-0.15, -0.1) is 11.3 Å². The predicted molar refractivity (Wildman–Crippen MR) is 98.0 cm³/mol. The summed E-state index contributed by atoms with van der Waals surface area (Å²) in [7, 11) is 3.55. The van der Waals surface area contributed by atoms with Crippen LogP contribution in [0.1, 0.15) is 4.88 Å². The fourth-order valence-electron chi connectivity index (χ4n) is 2.11. The van der Waals surface area contributed by atoms with Crippen molar-refractivity contribution >= 4 is 46.3 Å². The molecule has 3 aromatic rings. The van der Waals surface area contributed by atoms with E-state index in [0.717, 1.165) is 26.8 Å². The lowest BCUT2D eigenvalue weighted by molar-refractivity contribution is -0.118. The Bertz CT molecular complexity index is 872. The van der Waals surface area contributed by atoms with E-state index in [1.54, 1.807) is 24.7 Å². The highest BCUT2D eigenvalue weighted by Gasteiger charge is 2.11. The minimum absolute atomic E-state index is 0.169. The van der Waals surface area contributed by atoms with Crippen LogP contribution in [0.2, 0.25) is 0 Å². The first-order valence-corrected chi connectivity index (χ1v) is 9.02. The summed E-state index contributed by atoms with van der Waals surface area (Å²) in [4.78, 5) is 17.4. The molecule has 0 radical (unpaired) electrons. The number of thioether (sulfide) groups is 1. The lowest BCUT2D eigenvalue weighted by Crippen LogP contribution is -2.19. The molecule has 0 aliphatic carbocycles. The van der Waals surface area contributed by atoms with Crippen molar-refractivity contribution in [3.8, 4) is 5.75 Å². The van der Waals surface area contributed by atoms with Gasteiger partial charge < -0.3 is 9.30 Å². The van der Waals surface area contributed by atoms with Gasteiger partial charge in [-0.3, -0.25) is 4.79 Å². The fraction of sp³-hybridized carbons (Fsp3) is 0.188. The highest BCUT2D eigenvalue weighted by molar-refractivity contribution is 7.99. The SMILES string of the molecule is COc1ccc2c(c1)nc(SCC(=O)N/N=C/c1cccs1)n2C. The Hall–Kier alpha value is -2.32. The lowest BCUT2D eigenvalue weighted by Gasteiger charge is -2.02. The summed E-state index contributed by atoms with van der Waals surface area (Å²) < 4.78 is 7.17. The average molecular weight is 360 g/mol.